The normalized spacial score (nSPS) is 11.3. The minimum atomic E-state index is 0.203. The summed E-state index contributed by atoms with van der Waals surface area (Å²) >= 11 is 12.5. The molecule has 1 amide bonds. The molecule has 178 valence electrons. The zero-order valence-corrected chi connectivity index (χ0v) is 21.4. The van der Waals surface area contributed by atoms with E-state index < -0.39 is 0 Å². The fourth-order valence-electron chi connectivity index (χ4n) is 4.36. The molecule has 0 unspecified atom stereocenters. The Bertz CT molecular complexity index is 1030. The summed E-state index contributed by atoms with van der Waals surface area (Å²) in [4.78, 5) is 19.2. The summed E-state index contributed by atoms with van der Waals surface area (Å²) in [6, 6.07) is 13.8. The average Bonchev–Trinajstić information content (AvgIpc) is 3.18. The highest BCUT2D eigenvalue weighted by Crippen LogP contribution is 2.34. The van der Waals surface area contributed by atoms with Crippen LogP contribution in [0.4, 0.5) is 0 Å². The number of aromatic amines is 1. The molecule has 2 aromatic carbocycles. The van der Waals surface area contributed by atoms with Crippen molar-refractivity contribution in [1.82, 2.24) is 9.88 Å². The Balaban J connectivity index is 1.86. The van der Waals surface area contributed by atoms with Crippen molar-refractivity contribution in [1.29, 1.82) is 0 Å². The molecular weight excluding hydrogens is 451 g/mol. The number of hydrogen-bond acceptors (Lipinski definition) is 1. The first-order valence-electron chi connectivity index (χ1n) is 12.4. The summed E-state index contributed by atoms with van der Waals surface area (Å²) in [6.07, 6.45) is 9.72. The van der Waals surface area contributed by atoms with Crippen LogP contribution in [0.3, 0.4) is 0 Å². The molecule has 0 bridgehead atoms. The van der Waals surface area contributed by atoms with Gasteiger partial charge in [0.15, 0.2) is 0 Å². The molecule has 0 aliphatic rings. The van der Waals surface area contributed by atoms with Gasteiger partial charge in [0, 0.05) is 24.0 Å². The van der Waals surface area contributed by atoms with E-state index in [-0.39, 0.29) is 5.91 Å². The Kier molecular flexibility index (Phi) is 10.1. The minimum Gasteiger partial charge on any atom is -0.354 e. The number of fused-ring (bicyclic) bond motifs is 1. The Morgan fingerprint density at radius 1 is 0.848 bits per heavy atom. The monoisotopic (exact) mass is 486 g/mol. The largest absolute Gasteiger partial charge is 0.354 e. The van der Waals surface area contributed by atoms with Gasteiger partial charge in [-0.1, -0.05) is 99.8 Å². The van der Waals surface area contributed by atoms with Gasteiger partial charge in [-0.15, -0.1) is 0 Å². The van der Waals surface area contributed by atoms with E-state index in [0.29, 0.717) is 16.5 Å². The number of carbonyl (C=O) groups excluding carboxylic acids is 1. The molecule has 0 saturated heterocycles. The number of carbonyl (C=O) groups is 1. The maximum atomic E-state index is 13.6. The molecular formula is C28H36Cl2N2O. The Hall–Kier alpha value is -1.97. The molecule has 1 aromatic heterocycles. The molecule has 3 aromatic rings. The van der Waals surface area contributed by atoms with Crippen LogP contribution in [0.15, 0.2) is 42.5 Å². The van der Waals surface area contributed by atoms with Crippen molar-refractivity contribution in [2.75, 3.05) is 13.1 Å². The van der Waals surface area contributed by atoms with Gasteiger partial charge in [0.2, 0.25) is 5.91 Å². The molecule has 1 heterocycles. The first-order chi connectivity index (χ1) is 16.0. The number of hydrogen-bond donors (Lipinski definition) is 1. The van der Waals surface area contributed by atoms with Crippen LogP contribution < -0.4 is 0 Å². The zero-order chi connectivity index (χ0) is 23.6. The van der Waals surface area contributed by atoms with E-state index >= 15 is 0 Å². The fraction of sp³-hybridized carbons (Fsp3) is 0.464. The highest BCUT2D eigenvalue weighted by Gasteiger charge is 2.20. The summed E-state index contributed by atoms with van der Waals surface area (Å²) in [7, 11) is 0. The van der Waals surface area contributed by atoms with Crippen LogP contribution in [-0.4, -0.2) is 28.9 Å². The number of para-hydroxylation sites is 1. The summed E-state index contributed by atoms with van der Waals surface area (Å²) in [5.41, 5.74) is 3.95. The van der Waals surface area contributed by atoms with E-state index in [0.717, 1.165) is 53.7 Å². The summed E-state index contributed by atoms with van der Waals surface area (Å²) in [5.74, 6) is 0.203. The summed E-state index contributed by atoms with van der Waals surface area (Å²) < 4.78 is 0. The van der Waals surface area contributed by atoms with Gasteiger partial charge in [-0.2, -0.15) is 0 Å². The van der Waals surface area contributed by atoms with Crippen LogP contribution in [0.2, 0.25) is 10.0 Å². The van der Waals surface area contributed by atoms with Gasteiger partial charge in [-0.3, -0.25) is 4.79 Å². The van der Waals surface area contributed by atoms with Crippen molar-refractivity contribution in [3.8, 4) is 11.3 Å². The lowest BCUT2D eigenvalue weighted by Crippen LogP contribution is -2.34. The first-order valence-corrected chi connectivity index (χ1v) is 13.1. The SMILES string of the molecule is CCCCCCN(CCCCCC)C(=O)Cc1c(-c2ccc(Cl)c(Cl)c2)[nH]c2ccccc12. The second kappa shape index (κ2) is 13.1. The number of aromatic nitrogens is 1. The van der Waals surface area contributed by atoms with Crippen molar-refractivity contribution < 1.29 is 4.79 Å². The third-order valence-corrected chi connectivity index (χ3v) is 7.00. The topological polar surface area (TPSA) is 36.1 Å². The number of unbranched alkanes of at least 4 members (excludes halogenated alkanes) is 6. The zero-order valence-electron chi connectivity index (χ0n) is 19.9. The lowest BCUT2D eigenvalue weighted by Gasteiger charge is -2.23. The van der Waals surface area contributed by atoms with Gasteiger partial charge in [-0.05, 0) is 42.2 Å². The van der Waals surface area contributed by atoms with Gasteiger partial charge >= 0.3 is 0 Å². The van der Waals surface area contributed by atoms with Crippen LogP contribution in [0.5, 0.6) is 0 Å². The van der Waals surface area contributed by atoms with Crippen molar-refractivity contribution in [3.63, 3.8) is 0 Å². The van der Waals surface area contributed by atoms with E-state index in [9.17, 15) is 4.79 Å². The van der Waals surface area contributed by atoms with Crippen molar-refractivity contribution in [2.45, 2.75) is 71.6 Å². The Morgan fingerprint density at radius 3 is 2.15 bits per heavy atom. The molecule has 0 atom stereocenters. The van der Waals surface area contributed by atoms with Crippen LogP contribution in [0, 0.1) is 0 Å². The van der Waals surface area contributed by atoms with Crippen LogP contribution >= 0.6 is 23.2 Å². The molecule has 0 fully saturated rings. The van der Waals surface area contributed by atoms with E-state index in [1.54, 1.807) is 0 Å². The second-order valence-electron chi connectivity index (χ2n) is 8.83. The lowest BCUT2D eigenvalue weighted by atomic mass is 10.0. The highest BCUT2D eigenvalue weighted by molar-refractivity contribution is 6.42. The first kappa shape index (κ1) is 25.6. The molecule has 33 heavy (non-hydrogen) atoms. The van der Waals surface area contributed by atoms with Gasteiger partial charge < -0.3 is 9.88 Å². The third kappa shape index (κ3) is 7.01. The summed E-state index contributed by atoms with van der Waals surface area (Å²) in [6.45, 7) is 6.12. The fourth-order valence-corrected chi connectivity index (χ4v) is 4.66. The van der Waals surface area contributed by atoms with E-state index in [4.69, 9.17) is 23.2 Å². The Morgan fingerprint density at radius 2 is 1.52 bits per heavy atom. The van der Waals surface area contributed by atoms with E-state index in [1.165, 1.54) is 38.5 Å². The molecule has 0 saturated carbocycles. The van der Waals surface area contributed by atoms with E-state index in [1.807, 2.05) is 30.3 Å². The predicted octanol–water partition coefficient (Wildman–Crippen LogP) is 8.67. The number of nitrogens with zero attached hydrogens (tertiary/aromatic N) is 1. The van der Waals surface area contributed by atoms with Gasteiger partial charge in [0.25, 0.3) is 0 Å². The van der Waals surface area contributed by atoms with Gasteiger partial charge in [-0.25, -0.2) is 0 Å². The smallest absolute Gasteiger partial charge is 0.227 e. The lowest BCUT2D eigenvalue weighted by molar-refractivity contribution is -0.130. The molecule has 0 aliphatic carbocycles. The minimum absolute atomic E-state index is 0.203. The van der Waals surface area contributed by atoms with Gasteiger partial charge in [0.05, 0.1) is 22.2 Å². The molecule has 0 radical (unpaired) electrons. The Labute approximate surface area is 208 Å². The van der Waals surface area contributed by atoms with Crippen molar-refractivity contribution in [2.24, 2.45) is 0 Å². The molecule has 3 nitrogen and oxygen atoms in total. The van der Waals surface area contributed by atoms with Crippen LogP contribution in [0.25, 0.3) is 22.2 Å². The number of rotatable bonds is 13. The van der Waals surface area contributed by atoms with Crippen LogP contribution in [-0.2, 0) is 11.2 Å². The maximum absolute atomic E-state index is 13.6. The number of amides is 1. The van der Waals surface area contributed by atoms with Crippen molar-refractivity contribution >= 4 is 40.0 Å². The number of H-pyrrole nitrogens is 1. The maximum Gasteiger partial charge on any atom is 0.227 e. The third-order valence-electron chi connectivity index (χ3n) is 6.27. The molecule has 1 N–H and O–H groups in total. The van der Waals surface area contributed by atoms with Crippen LogP contribution in [0.1, 0.15) is 70.8 Å². The number of nitrogens with one attached hydrogen (secondary N) is 1. The molecule has 0 aliphatic heterocycles. The number of benzene rings is 2. The molecule has 5 heteroatoms. The predicted molar refractivity (Wildman–Crippen MR) is 142 cm³/mol. The second-order valence-corrected chi connectivity index (χ2v) is 9.65. The highest BCUT2D eigenvalue weighted by atomic mass is 35.5. The standard InChI is InChI=1S/C28H36Cl2N2O/c1-3-5-7-11-17-32(18-12-8-6-4-2)27(33)20-23-22-13-9-10-14-26(22)31-28(23)21-15-16-24(29)25(30)19-21/h9-10,13-16,19,31H,3-8,11-12,17-18,20H2,1-2H3. The van der Waals surface area contributed by atoms with Crippen molar-refractivity contribution in [3.05, 3.63) is 58.1 Å². The average molecular weight is 488 g/mol. The summed E-state index contributed by atoms with van der Waals surface area (Å²) in [5, 5.41) is 2.13. The molecule has 3 rings (SSSR count). The number of halogens is 2. The van der Waals surface area contributed by atoms with E-state index in [2.05, 4.69) is 35.9 Å². The van der Waals surface area contributed by atoms with Gasteiger partial charge in [0.1, 0.15) is 0 Å². The quantitative estimate of drug-likeness (QED) is 0.241. The molecule has 0 spiro atoms.